The van der Waals surface area contributed by atoms with Crippen LogP contribution in [0.25, 0.3) is 0 Å². The standard InChI is InChI=1S/C16H11N5O5/c17-9-11(10-18-14-6-1-2-7-15(14)21(25)26)16(22)19-12-4-3-5-13(8-12)20(23)24/h1-8,10,18H,(H,19,22)/b11-10-. The summed E-state index contributed by atoms with van der Waals surface area (Å²) in [6.07, 6.45) is 1.02. The van der Waals surface area contributed by atoms with E-state index in [0.29, 0.717) is 0 Å². The number of nitro groups is 2. The molecule has 0 aliphatic heterocycles. The van der Waals surface area contributed by atoms with Gasteiger partial charge in [-0.2, -0.15) is 5.26 Å². The first kappa shape index (κ1) is 18.1. The Kier molecular flexibility index (Phi) is 5.58. The number of nitriles is 1. The van der Waals surface area contributed by atoms with E-state index in [1.165, 1.54) is 36.4 Å². The van der Waals surface area contributed by atoms with Gasteiger partial charge in [0.1, 0.15) is 17.3 Å². The molecule has 0 spiro atoms. The fraction of sp³-hybridized carbons (Fsp3) is 0. The molecule has 0 atom stereocenters. The Balaban J connectivity index is 2.18. The Hall–Kier alpha value is -4.26. The second-order valence-corrected chi connectivity index (χ2v) is 4.85. The van der Waals surface area contributed by atoms with Gasteiger partial charge >= 0.3 is 0 Å². The molecular formula is C16H11N5O5. The summed E-state index contributed by atoms with van der Waals surface area (Å²) in [6.45, 7) is 0. The molecule has 130 valence electrons. The molecule has 0 saturated carbocycles. The van der Waals surface area contributed by atoms with Crippen molar-refractivity contribution in [3.63, 3.8) is 0 Å². The monoisotopic (exact) mass is 353 g/mol. The van der Waals surface area contributed by atoms with Gasteiger partial charge in [-0.3, -0.25) is 25.0 Å². The number of para-hydroxylation sites is 2. The van der Waals surface area contributed by atoms with Crippen LogP contribution in [0.5, 0.6) is 0 Å². The number of carbonyl (C=O) groups excluding carboxylic acids is 1. The summed E-state index contributed by atoms with van der Waals surface area (Å²) in [5.41, 5.74) is -0.567. The highest BCUT2D eigenvalue weighted by molar-refractivity contribution is 6.06. The third-order valence-corrected chi connectivity index (χ3v) is 3.15. The zero-order valence-electron chi connectivity index (χ0n) is 13.1. The van der Waals surface area contributed by atoms with E-state index in [9.17, 15) is 25.0 Å². The van der Waals surface area contributed by atoms with Crippen LogP contribution in [-0.2, 0) is 4.79 Å². The predicted molar refractivity (Wildman–Crippen MR) is 92.1 cm³/mol. The molecule has 26 heavy (non-hydrogen) atoms. The Bertz CT molecular complexity index is 948. The Morgan fingerprint density at radius 3 is 2.46 bits per heavy atom. The van der Waals surface area contributed by atoms with E-state index in [4.69, 9.17) is 5.26 Å². The number of non-ortho nitro benzene ring substituents is 1. The molecule has 0 aromatic heterocycles. The molecule has 0 bridgehead atoms. The second-order valence-electron chi connectivity index (χ2n) is 4.85. The zero-order chi connectivity index (χ0) is 19.1. The fourth-order valence-corrected chi connectivity index (χ4v) is 1.95. The highest BCUT2D eigenvalue weighted by Crippen LogP contribution is 2.23. The van der Waals surface area contributed by atoms with Crippen molar-refractivity contribution >= 4 is 28.7 Å². The van der Waals surface area contributed by atoms with Crippen LogP contribution in [0.1, 0.15) is 0 Å². The van der Waals surface area contributed by atoms with Gasteiger partial charge in [0.05, 0.1) is 9.85 Å². The van der Waals surface area contributed by atoms with Crippen LogP contribution in [-0.4, -0.2) is 15.8 Å². The predicted octanol–water partition coefficient (Wildman–Crippen LogP) is 2.96. The number of nitro benzene ring substituents is 2. The molecule has 0 heterocycles. The summed E-state index contributed by atoms with van der Waals surface area (Å²) in [5.74, 6) is -0.820. The zero-order valence-corrected chi connectivity index (χ0v) is 13.1. The third kappa shape index (κ3) is 4.39. The van der Waals surface area contributed by atoms with Crippen LogP contribution in [0.2, 0.25) is 0 Å². The minimum Gasteiger partial charge on any atom is -0.355 e. The van der Waals surface area contributed by atoms with Crippen LogP contribution in [0.3, 0.4) is 0 Å². The van der Waals surface area contributed by atoms with Gasteiger partial charge in [-0.15, -0.1) is 0 Å². The normalized spacial score (nSPS) is 10.5. The molecule has 2 aromatic carbocycles. The number of benzene rings is 2. The highest BCUT2D eigenvalue weighted by atomic mass is 16.6. The summed E-state index contributed by atoms with van der Waals surface area (Å²) >= 11 is 0. The molecule has 10 nitrogen and oxygen atoms in total. The quantitative estimate of drug-likeness (QED) is 0.350. The molecule has 0 aliphatic carbocycles. The van der Waals surface area contributed by atoms with Crippen molar-refractivity contribution in [2.24, 2.45) is 0 Å². The molecule has 0 saturated heterocycles. The number of carbonyl (C=O) groups is 1. The summed E-state index contributed by atoms with van der Waals surface area (Å²) in [7, 11) is 0. The van der Waals surface area contributed by atoms with E-state index >= 15 is 0 Å². The summed E-state index contributed by atoms with van der Waals surface area (Å²) in [4.78, 5) is 32.6. The van der Waals surface area contributed by atoms with Gasteiger partial charge in [-0.1, -0.05) is 18.2 Å². The first-order valence-electron chi connectivity index (χ1n) is 7.08. The van der Waals surface area contributed by atoms with Gasteiger partial charge in [-0.05, 0) is 12.1 Å². The van der Waals surface area contributed by atoms with Gasteiger partial charge in [-0.25, -0.2) is 0 Å². The average molecular weight is 353 g/mol. The Morgan fingerprint density at radius 2 is 1.81 bits per heavy atom. The van der Waals surface area contributed by atoms with E-state index < -0.39 is 15.8 Å². The minimum absolute atomic E-state index is 0.105. The van der Waals surface area contributed by atoms with Gasteiger partial charge in [0.25, 0.3) is 17.3 Å². The lowest BCUT2D eigenvalue weighted by atomic mass is 10.2. The van der Waals surface area contributed by atoms with Crippen LogP contribution >= 0.6 is 0 Å². The maximum Gasteiger partial charge on any atom is 0.292 e. The highest BCUT2D eigenvalue weighted by Gasteiger charge is 2.14. The van der Waals surface area contributed by atoms with Crippen molar-refractivity contribution in [2.75, 3.05) is 10.6 Å². The summed E-state index contributed by atoms with van der Waals surface area (Å²) in [5, 5.41) is 35.7. The molecule has 2 N–H and O–H groups in total. The minimum atomic E-state index is -0.820. The molecule has 0 aliphatic rings. The fourth-order valence-electron chi connectivity index (χ4n) is 1.95. The van der Waals surface area contributed by atoms with Gasteiger partial charge < -0.3 is 10.6 Å². The van der Waals surface area contributed by atoms with Gasteiger partial charge in [0.15, 0.2) is 0 Å². The Labute approximate surface area is 146 Å². The molecule has 0 unspecified atom stereocenters. The lowest BCUT2D eigenvalue weighted by Gasteiger charge is -2.05. The van der Waals surface area contributed by atoms with Crippen molar-refractivity contribution in [1.29, 1.82) is 5.26 Å². The maximum absolute atomic E-state index is 12.1. The van der Waals surface area contributed by atoms with Crippen LogP contribution in [0.15, 0.2) is 60.3 Å². The van der Waals surface area contributed by atoms with Crippen molar-refractivity contribution in [3.05, 3.63) is 80.5 Å². The van der Waals surface area contributed by atoms with E-state index in [2.05, 4.69) is 10.6 Å². The number of hydrogen-bond acceptors (Lipinski definition) is 7. The topological polar surface area (TPSA) is 151 Å². The van der Waals surface area contributed by atoms with Crippen LogP contribution in [0, 0.1) is 31.6 Å². The van der Waals surface area contributed by atoms with Crippen molar-refractivity contribution in [2.45, 2.75) is 0 Å². The molecule has 2 rings (SSSR count). The average Bonchev–Trinajstić information content (AvgIpc) is 2.62. The maximum atomic E-state index is 12.1. The van der Waals surface area contributed by atoms with Gasteiger partial charge in [0.2, 0.25) is 0 Å². The number of rotatable bonds is 6. The summed E-state index contributed by atoms with van der Waals surface area (Å²) in [6, 6.07) is 12.6. The van der Waals surface area contributed by atoms with Crippen LogP contribution < -0.4 is 10.6 Å². The SMILES string of the molecule is N#C/C(=C/Nc1ccccc1[N+](=O)[O-])C(=O)Nc1cccc([N+](=O)[O-])c1. The van der Waals surface area contributed by atoms with Crippen LogP contribution in [0.4, 0.5) is 22.7 Å². The lowest BCUT2D eigenvalue weighted by Crippen LogP contribution is -2.14. The first-order valence-corrected chi connectivity index (χ1v) is 7.08. The number of anilines is 2. The number of amides is 1. The van der Waals surface area contributed by atoms with Crippen molar-refractivity contribution < 1.29 is 14.6 Å². The number of hydrogen-bond donors (Lipinski definition) is 2. The van der Waals surface area contributed by atoms with E-state index in [-0.39, 0.29) is 28.3 Å². The largest absolute Gasteiger partial charge is 0.355 e. The molecule has 10 heteroatoms. The first-order chi connectivity index (χ1) is 12.4. The van der Waals surface area contributed by atoms with E-state index in [0.717, 1.165) is 12.3 Å². The smallest absolute Gasteiger partial charge is 0.292 e. The van der Waals surface area contributed by atoms with E-state index in [1.54, 1.807) is 12.1 Å². The Morgan fingerprint density at radius 1 is 1.08 bits per heavy atom. The van der Waals surface area contributed by atoms with Crippen molar-refractivity contribution in [1.82, 2.24) is 0 Å². The molecule has 0 fully saturated rings. The second kappa shape index (κ2) is 8.02. The number of nitrogens with zero attached hydrogens (tertiary/aromatic N) is 3. The molecule has 2 aromatic rings. The van der Waals surface area contributed by atoms with E-state index in [1.807, 2.05) is 0 Å². The van der Waals surface area contributed by atoms with Gasteiger partial charge in [0, 0.05) is 30.1 Å². The molecule has 0 radical (unpaired) electrons. The summed E-state index contributed by atoms with van der Waals surface area (Å²) < 4.78 is 0. The molecule has 1 amide bonds. The van der Waals surface area contributed by atoms with Crippen molar-refractivity contribution in [3.8, 4) is 6.07 Å². The molecular weight excluding hydrogens is 342 g/mol. The third-order valence-electron chi connectivity index (χ3n) is 3.15. The number of nitrogens with one attached hydrogen (secondary N) is 2. The lowest BCUT2D eigenvalue weighted by molar-refractivity contribution is -0.384.